The van der Waals surface area contributed by atoms with E-state index in [0.717, 1.165) is 23.6 Å². The molecule has 1 heterocycles. The molecule has 0 aromatic heterocycles. The van der Waals surface area contributed by atoms with E-state index in [1.807, 2.05) is 36.1 Å². The van der Waals surface area contributed by atoms with Crippen molar-refractivity contribution in [2.45, 2.75) is 19.6 Å². The number of hydrogen-bond acceptors (Lipinski definition) is 3. The van der Waals surface area contributed by atoms with E-state index < -0.39 is 0 Å². The van der Waals surface area contributed by atoms with Crippen LogP contribution in [0.15, 0.2) is 48.5 Å². The summed E-state index contributed by atoms with van der Waals surface area (Å²) < 4.78 is 24.7. The first-order valence-corrected chi connectivity index (χ1v) is 8.72. The Morgan fingerprint density at radius 1 is 1.20 bits per heavy atom. The summed E-state index contributed by atoms with van der Waals surface area (Å²) >= 11 is 5.49. The molecule has 0 unspecified atom stereocenters. The van der Waals surface area contributed by atoms with Crippen LogP contribution < -0.4 is 14.8 Å². The highest BCUT2D eigenvalue weighted by Crippen LogP contribution is 2.31. The zero-order chi connectivity index (χ0) is 17.6. The molecule has 0 saturated heterocycles. The monoisotopic (exact) mass is 360 g/mol. The van der Waals surface area contributed by atoms with Gasteiger partial charge in [0.15, 0.2) is 22.7 Å². The first-order valence-electron chi connectivity index (χ1n) is 8.31. The van der Waals surface area contributed by atoms with Gasteiger partial charge in [-0.3, -0.25) is 0 Å². The lowest BCUT2D eigenvalue weighted by Crippen LogP contribution is -2.47. The van der Waals surface area contributed by atoms with Gasteiger partial charge in [0.2, 0.25) is 0 Å². The first kappa shape index (κ1) is 17.5. The molecular formula is C19H21FN2O2S. The van der Waals surface area contributed by atoms with Gasteiger partial charge in [-0.25, -0.2) is 4.39 Å². The van der Waals surface area contributed by atoms with Crippen LogP contribution in [0.3, 0.4) is 0 Å². The van der Waals surface area contributed by atoms with Crippen LogP contribution in [0.5, 0.6) is 11.5 Å². The number of benzene rings is 2. The van der Waals surface area contributed by atoms with E-state index in [4.69, 9.17) is 21.7 Å². The van der Waals surface area contributed by atoms with Crippen molar-refractivity contribution in [2.75, 3.05) is 19.7 Å². The second-order valence-electron chi connectivity index (χ2n) is 5.82. The number of para-hydroxylation sites is 2. The second kappa shape index (κ2) is 8.16. The Bertz CT molecular complexity index is 724. The van der Waals surface area contributed by atoms with Crippen LogP contribution in [-0.4, -0.2) is 35.8 Å². The van der Waals surface area contributed by atoms with Gasteiger partial charge in [0, 0.05) is 13.1 Å². The molecule has 2 aromatic rings. The topological polar surface area (TPSA) is 33.7 Å². The molecule has 0 amide bonds. The van der Waals surface area contributed by atoms with E-state index in [1.165, 1.54) is 12.1 Å². The fraction of sp³-hybridized carbons (Fsp3) is 0.316. The molecule has 0 aliphatic carbocycles. The first-order chi connectivity index (χ1) is 12.2. The molecule has 0 fully saturated rings. The van der Waals surface area contributed by atoms with Gasteiger partial charge in [0.1, 0.15) is 12.4 Å². The number of fused-ring (bicyclic) bond motifs is 1. The number of thiocarbonyl (C=S) groups is 1. The van der Waals surface area contributed by atoms with Crippen molar-refractivity contribution < 1.29 is 13.9 Å². The minimum Gasteiger partial charge on any atom is -0.486 e. The third kappa shape index (κ3) is 4.60. The predicted molar refractivity (Wildman–Crippen MR) is 99.4 cm³/mol. The van der Waals surface area contributed by atoms with E-state index in [2.05, 4.69) is 5.32 Å². The summed E-state index contributed by atoms with van der Waals surface area (Å²) in [5, 5.41) is 3.86. The number of halogens is 1. The fourth-order valence-electron chi connectivity index (χ4n) is 2.65. The lowest BCUT2D eigenvalue weighted by Gasteiger charge is -2.32. The van der Waals surface area contributed by atoms with Crippen molar-refractivity contribution in [3.63, 3.8) is 0 Å². The number of likely N-dealkylation sites (N-methyl/N-ethyl adjacent to an activating group) is 1. The van der Waals surface area contributed by atoms with Gasteiger partial charge in [-0.15, -0.1) is 0 Å². The van der Waals surface area contributed by atoms with Crippen LogP contribution in [0.1, 0.15) is 12.5 Å². The summed E-state index contributed by atoms with van der Waals surface area (Å²) in [6.45, 7) is 4.49. The second-order valence-corrected chi connectivity index (χ2v) is 6.21. The lowest BCUT2D eigenvalue weighted by atomic mass is 10.2. The van der Waals surface area contributed by atoms with Gasteiger partial charge >= 0.3 is 0 Å². The molecule has 0 radical (unpaired) electrons. The van der Waals surface area contributed by atoms with Gasteiger partial charge in [0.05, 0.1) is 6.54 Å². The number of ether oxygens (including phenoxy) is 2. The minimum absolute atomic E-state index is 0.0829. The quantitative estimate of drug-likeness (QED) is 0.827. The molecule has 1 aliphatic heterocycles. The van der Waals surface area contributed by atoms with Gasteiger partial charge in [-0.1, -0.05) is 24.3 Å². The molecule has 25 heavy (non-hydrogen) atoms. The molecule has 1 atom stereocenters. The number of hydrogen-bond donors (Lipinski definition) is 1. The molecule has 0 bridgehead atoms. The average Bonchev–Trinajstić information content (AvgIpc) is 2.65. The normalized spacial score (nSPS) is 15.5. The zero-order valence-corrected chi connectivity index (χ0v) is 14.9. The minimum atomic E-state index is -0.240. The third-order valence-electron chi connectivity index (χ3n) is 4.02. The molecule has 1 aliphatic rings. The van der Waals surface area contributed by atoms with Crippen molar-refractivity contribution >= 4 is 17.3 Å². The van der Waals surface area contributed by atoms with Crippen LogP contribution in [-0.2, 0) is 6.54 Å². The van der Waals surface area contributed by atoms with Crippen molar-refractivity contribution in [2.24, 2.45) is 0 Å². The molecule has 2 aromatic carbocycles. The highest BCUT2D eigenvalue weighted by Gasteiger charge is 2.23. The Kier molecular flexibility index (Phi) is 5.71. The summed E-state index contributed by atoms with van der Waals surface area (Å²) in [6, 6.07) is 14.0. The van der Waals surface area contributed by atoms with Crippen LogP contribution in [0.2, 0.25) is 0 Å². The summed E-state index contributed by atoms with van der Waals surface area (Å²) in [5.74, 6) is 1.30. The maximum absolute atomic E-state index is 13.0. The lowest BCUT2D eigenvalue weighted by molar-refractivity contribution is 0.0748. The fourth-order valence-corrected chi connectivity index (χ4v) is 2.92. The van der Waals surface area contributed by atoms with Crippen molar-refractivity contribution in [3.05, 3.63) is 59.9 Å². The molecule has 1 N–H and O–H groups in total. The summed E-state index contributed by atoms with van der Waals surface area (Å²) in [6.07, 6.45) is -0.0829. The number of rotatable bonds is 5. The van der Waals surface area contributed by atoms with Crippen LogP contribution >= 0.6 is 12.2 Å². The van der Waals surface area contributed by atoms with Crippen LogP contribution in [0.25, 0.3) is 0 Å². The molecule has 4 nitrogen and oxygen atoms in total. The van der Waals surface area contributed by atoms with Gasteiger partial charge < -0.3 is 19.7 Å². The largest absolute Gasteiger partial charge is 0.486 e. The Morgan fingerprint density at radius 3 is 2.64 bits per heavy atom. The van der Waals surface area contributed by atoms with Gasteiger partial charge in [0.25, 0.3) is 0 Å². The maximum atomic E-state index is 13.0. The van der Waals surface area contributed by atoms with Gasteiger partial charge in [-0.05, 0) is 49.0 Å². The molecular weight excluding hydrogens is 339 g/mol. The smallest absolute Gasteiger partial charge is 0.169 e. The van der Waals surface area contributed by atoms with E-state index >= 15 is 0 Å². The number of nitrogens with one attached hydrogen (secondary N) is 1. The molecule has 0 saturated carbocycles. The van der Waals surface area contributed by atoms with E-state index in [1.54, 1.807) is 12.1 Å². The molecule has 0 spiro atoms. The van der Waals surface area contributed by atoms with E-state index in [0.29, 0.717) is 24.8 Å². The van der Waals surface area contributed by atoms with E-state index in [9.17, 15) is 4.39 Å². The van der Waals surface area contributed by atoms with Crippen molar-refractivity contribution in [1.82, 2.24) is 10.2 Å². The van der Waals surface area contributed by atoms with Crippen molar-refractivity contribution in [3.8, 4) is 11.5 Å². The Morgan fingerprint density at radius 2 is 1.92 bits per heavy atom. The Labute approximate surface area is 152 Å². The molecule has 132 valence electrons. The zero-order valence-electron chi connectivity index (χ0n) is 14.1. The Balaban J connectivity index is 1.53. The number of nitrogens with zero attached hydrogens (tertiary/aromatic N) is 1. The predicted octanol–water partition coefficient (Wildman–Crippen LogP) is 3.36. The molecule has 6 heteroatoms. The van der Waals surface area contributed by atoms with Crippen molar-refractivity contribution in [1.29, 1.82) is 0 Å². The standard InChI is InChI=1S/C19H21FN2O2S/c1-2-22(19(25)21-11-14-7-9-15(20)10-8-14)12-16-13-23-17-5-3-4-6-18(17)24-16/h3-10,16H,2,11-13H2,1H3,(H,21,25)/t16-/m0/s1. The highest BCUT2D eigenvalue weighted by atomic mass is 32.1. The van der Waals surface area contributed by atoms with Crippen LogP contribution in [0, 0.1) is 5.82 Å². The maximum Gasteiger partial charge on any atom is 0.169 e. The van der Waals surface area contributed by atoms with Crippen LogP contribution in [0.4, 0.5) is 4.39 Å². The third-order valence-corrected chi connectivity index (χ3v) is 4.42. The Hall–Kier alpha value is -2.34. The van der Waals surface area contributed by atoms with Gasteiger partial charge in [-0.2, -0.15) is 0 Å². The highest BCUT2D eigenvalue weighted by molar-refractivity contribution is 7.80. The van der Waals surface area contributed by atoms with E-state index in [-0.39, 0.29) is 11.9 Å². The summed E-state index contributed by atoms with van der Waals surface area (Å²) in [4.78, 5) is 2.04. The molecule has 3 rings (SSSR count). The summed E-state index contributed by atoms with van der Waals surface area (Å²) in [5.41, 5.74) is 0.978. The SMILES string of the molecule is CCN(C[C@H]1COc2ccccc2O1)C(=S)NCc1ccc(F)cc1. The average molecular weight is 360 g/mol. The summed E-state index contributed by atoms with van der Waals surface area (Å²) in [7, 11) is 0.